The maximum absolute atomic E-state index is 10.9. The van der Waals surface area contributed by atoms with Gasteiger partial charge in [0.05, 0.1) is 5.92 Å². The molecule has 0 aromatic heterocycles. The predicted molar refractivity (Wildman–Crippen MR) is 37.5 cm³/mol. The molecule has 52 valence electrons. The number of hydrogen-bond acceptors (Lipinski definition) is 2. The molecular weight excluding hydrogens is 128 g/mol. The van der Waals surface area contributed by atoms with Crippen LogP contribution in [0.3, 0.4) is 0 Å². The quantitative estimate of drug-likeness (QED) is 0.396. The molecule has 0 radical (unpaired) electrons. The monoisotopic (exact) mass is 136 g/mol. The molecule has 10 heavy (non-hydrogen) atoms. The first-order valence-electron chi connectivity index (χ1n) is 3.09. The Labute approximate surface area is 59.2 Å². The summed E-state index contributed by atoms with van der Waals surface area (Å²) in [7, 11) is 0. The summed E-state index contributed by atoms with van der Waals surface area (Å²) in [6, 6.07) is 0. The Bertz CT molecular complexity index is 223. The average molecular weight is 136 g/mol. The number of allylic oxidation sites excluding steroid dienone is 4. The van der Waals surface area contributed by atoms with Gasteiger partial charge >= 0.3 is 0 Å². The smallest absolute Gasteiger partial charge is 0.169 e. The highest BCUT2D eigenvalue weighted by Gasteiger charge is 2.14. The van der Waals surface area contributed by atoms with Crippen molar-refractivity contribution < 1.29 is 9.59 Å². The van der Waals surface area contributed by atoms with Crippen molar-refractivity contribution in [3.05, 3.63) is 23.8 Å². The minimum atomic E-state index is -0.538. The first-order valence-corrected chi connectivity index (χ1v) is 3.09. The van der Waals surface area contributed by atoms with Gasteiger partial charge in [-0.1, -0.05) is 12.2 Å². The summed E-state index contributed by atoms with van der Waals surface area (Å²) < 4.78 is 0. The maximum atomic E-state index is 10.9. The number of ketones is 1. The number of aldehydes is 1. The van der Waals surface area contributed by atoms with Crippen molar-refractivity contribution in [3.63, 3.8) is 0 Å². The van der Waals surface area contributed by atoms with E-state index >= 15 is 0 Å². The Morgan fingerprint density at radius 2 is 2.30 bits per heavy atom. The van der Waals surface area contributed by atoms with Crippen molar-refractivity contribution in [2.45, 2.75) is 6.92 Å². The van der Waals surface area contributed by atoms with Gasteiger partial charge in [0.25, 0.3) is 0 Å². The fourth-order valence-corrected chi connectivity index (χ4v) is 0.831. The zero-order valence-corrected chi connectivity index (χ0v) is 5.70. The summed E-state index contributed by atoms with van der Waals surface area (Å²) in [6.45, 7) is 1.83. The fraction of sp³-hybridized carbons (Fsp3) is 0.250. The van der Waals surface area contributed by atoms with E-state index in [9.17, 15) is 9.59 Å². The molecule has 0 heterocycles. The van der Waals surface area contributed by atoms with E-state index in [0.29, 0.717) is 6.29 Å². The second kappa shape index (κ2) is 2.60. The van der Waals surface area contributed by atoms with E-state index in [1.165, 1.54) is 6.08 Å². The van der Waals surface area contributed by atoms with Crippen molar-refractivity contribution in [1.82, 2.24) is 0 Å². The zero-order chi connectivity index (χ0) is 7.56. The molecule has 0 N–H and O–H groups in total. The molecular formula is C8H8O2. The third-order valence-corrected chi connectivity index (χ3v) is 1.41. The molecule has 0 spiro atoms. The van der Waals surface area contributed by atoms with E-state index in [1.807, 2.05) is 6.92 Å². The first-order chi connectivity index (χ1) is 4.74. The summed E-state index contributed by atoms with van der Waals surface area (Å²) in [6.07, 6.45) is 5.53. The molecule has 2 heteroatoms. The second-order valence-corrected chi connectivity index (χ2v) is 2.31. The summed E-state index contributed by atoms with van der Waals surface area (Å²) >= 11 is 0. The van der Waals surface area contributed by atoms with Gasteiger partial charge in [0.15, 0.2) is 5.78 Å². The van der Waals surface area contributed by atoms with E-state index < -0.39 is 5.92 Å². The van der Waals surface area contributed by atoms with Crippen molar-refractivity contribution in [1.29, 1.82) is 0 Å². The number of carbonyl (C=O) groups is 2. The lowest BCUT2D eigenvalue weighted by Gasteiger charge is -2.04. The van der Waals surface area contributed by atoms with Gasteiger partial charge in [0.2, 0.25) is 0 Å². The highest BCUT2D eigenvalue weighted by Crippen LogP contribution is 2.09. The average Bonchev–Trinajstić information content (AvgIpc) is 1.88. The third-order valence-electron chi connectivity index (χ3n) is 1.41. The van der Waals surface area contributed by atoms with Crippen LogP contribution in [0.15, 0.2) is 23.8 Å². The Kier molecular flexibility index (Phi) is 1.81. The Balaban J connectivity index is 2.83. The van der Waals surface area contributed by atoms with Crippen LogP contribution in [-0.4, -0.2) is 12.1 Å². The summed E-state index contributed by atoms with van der Waals surface area (Å²) in [5.41, 5.74) is 0.906. The summed E-state index contributed by atoms with van der Waals surface area (Å²) in [4.78, 5) is 21.1. The van der Waals surface area contributed by atoms with Crippen molar-refractivity contribution in [2.24, 2.45) is 5.92 Å². The van der Waals surface area contributed by atoms with Crippen LogP contribution in [0.1, 0.15) is 6.92 Å². The van der Waals surface area contributed by atoms with Crippen LogP contribution >= 0.6 is 0 Å². The normalized spacial score (nSPS) is 24.3. The molecule has 0 saturated heterocycles. The van der Waals surface area contributed by atoms with Crippen LogP contribution in [0.4, 0.5) is 0 Å². The molecule has 0 saturated carbocycles. The number of rotatable bonds is 1. The standard InChI is InChI=1S/C8H8O2/c1-6-2-3-7(5-9)8(10)4-6/h2-5,7H,1H3. The van der Waals surface area contributed by atoms with E-state index in [4.69, 9.17) is 0 Å². The summed E-state index contributed by atoms with van der Waals surface area (Å²) in [5, 5.41) is 0. The lowest BCUT2D eigenvalue weighted by atomic mass is 9.98. The van der Waals surface area contributed by atoms with Crippen molar-refractivity contribution in [3.8, 4) is 0 Å². The van der Waals surface area contributed by atoms with Crippen LogP contribution in [0, 0.1) is 5.92 Å². The number of carbonyl (C=O) groups excluding carboxylic acids is 2. The van der Waals surface area contributed by atoms with E-state index in [0.717, 1.165) is 5.57 Å². The van der Waals surface area contributed by atoms with Gasteiger partial charge in [-0.3, -0.25) is 4.79 Å². The van der Waals surface area contributed by atoms with Gasteiger partial charge in [-0.15, -0.1) is 0 Å². The molecule has 1 aliphatic carbocycles. The van der Waals surface area contributed by atoms with E-state index in [2.05, 4.69) is 0 Å². The zero-order valence-electron chi connectivity index (χ0n) is 5.70. The molecule has 0 amide bonds. The first kappa shape index (κ1) is 6.93. The largest absolute Gasteiger partial charge is 0.302 e. The SMILES string of the molecule is CC1=CC(=O)C(C=O)C=C1. The predicted octanol–water partition coefficient (Wildman–Crippen LogP) is 0.887. The molecule has 1 unspecified atom stereocenters. The van der Waals surface area contributed by atoms with Crippen LogP contribution in [0.25, 0.3) is 0 Å². The molecule has 1 atom stereocenters. The van der Waals surface area contributed by atoms with Crippen molar-refractivity contribution in [2.75, 3.05) is 0 Å². The molecule has 0 fully saturated rings. The number of hydrogen-bond donors (Lipinski definition) is 0. The van der Waals surface area contributed by atoms with Crippen LogP contribution < -0.4 is 0 Å². The Hall–Kier alpha value is -1.18. The van der Waals surface area contributed by atoms with Crippen LogP contribution in [0.2, 0.25) is 0 Å². The van der Waals surface area contributed by atoms with Gasteiger partial charge in [-0.25, -0.2) is 0 Å². The lowest BCUT2D eigenvalue weighted by molar-refractivity contribution is -0.122. The molecule has 0 aromatic rings. The molecule has 0 aliphatic heterocycles. The topological polar surface area (TPSA) is 34.1 Å². The minimum absolute atomic E-state index is 0.116. The van der Waals surface area contributed by atoms with Crippen molar-refractivity contribution >= 4 is 12.1 Å². The lowest BCUT2D eigenvalue weighted by Crippen LogP contribution is -2.13. The highest BCUT2D eigenvalue weighted by molar-refractivity contribution is 6.04. The highest BCUT2D eigenvalue weighted by atomic mass is 16.1. The van der Waals surface area contributed by atoms with Gasteiger partial charge in [0, 0.05) is 0 Å². The second-order valence-electron chi connectivity index (χ2n) is 2.31. The minimum Gasteiger partial charge on any atom is -0.302 e. The van der Waals surface area contributed by atoms with Gasteiger partial charge in [-0.05, 0) is 18.6 Å². The fourth-order valence-electron chi connectivity index (χ4n) is 0.831. The van der Waals surface area contributed by atoms with Gasteiger partial charge in [0.1, 0.15) is 6.29 Å². The maximum Gasteiger partial charge on any atom is 0.169 e. The Morgan fingerprint density at radius 1 is 1.60 bits per heavy atom. The van der Waals surface area contributed by atoms with E-state index in [-0.39, 0.29) is 5.78 Å². The molecule has 1 aliphatic rings. The molecule has 2 nitrogen and oxygen atoms in total. The van der Waals surface area contributed by atoms with Crippen LogP contribution in [0.5, 0.6) is 0 Å². The van der Waals surface area contributed by atoms with Crippen LogP contribution in [-0.2, 0) is 9.59 Å². The molecule has 0 bridgehead atoms. The third kappa shape index (κ3) is 1.21. The van der Waals surface area contributed by atoms with E-state index in [1.54, 1.807) is 12.2 Å². The molecule has 1 rings (SSSR count). The Morgan fingerprint density at radius 3 is 2.80 bits per heavy atom. The summed E-state index contributed by atoms with van der Waals surface area (Å²) in [5.74, 6) is -0.654. The molecule has 0 aromatic carbocycles. The van der Waals surface area contributed by atoms with Gasteiger partial charge < -0.3 is 4.79 Å². The van der Waals surface area contributed by atoms with Gasteiger partial charge in [-0.2, -0.15) is 0 Å².